The molecule has 7 heteroatoms. The molecule has 1 aromatic carbocycles. The first-order valence-corrected chi connectivity index (χ1v) is 7.54. The van der Waals surface area contributed by atoms with Crippen molar-refractivity contribution in [2.45, 2.75) is 32.2 Å². The maximum absolute atomic E-state index is 13.6. The molecule has 3 N–H and O–H groups in total. The zero-order chi connectivity index (χ0) is 15.2. The number of carbonyl (C=O) groups is 1. The lowest BCUT2D eigenvalue weighted by Crippen LogP contribution is -2.35. The Labute approximate surface area is 126 Å². The molecule has 112 valence electrons. The van der Waals surface area contributed by atoms with Crippen LogP contribution >= 0.6 is 11.3 Å². The zero-order valence-corrected chi connectivity index (χ0v) is 12.5. The van der Waals surface area contributed by atoms with E-state index in [2.05, 4.69) is 15.5 Å². The second kappa shape index (κ2) is 7.24. The summed E-state index contributed by atoms with van der Waals surface area (Å²) in [6.07, 6.45) is 1.80. The fourth-order valence-corrected chi connectivity index (χ4v) is 2.59. The van der Waals surface area contributed by atoms with Crippen LogP contribution in [0.2, 0.25) is 0 Å². The third-order valence-electron chi connectivity index (χ3n) is 2.93. The fourth-order valence-electron chi connectivity index (χ4n) is 1.82. The first-order valence-electron chi connectivity index (χ1n) is 6.72. The molecule has 0 aliphatic heterocycles. The van der Waals surface area contributed by atoms with Crippen molar-refractivity contribution in [2.75, 3.05) is 5.32 Å². The molecule has 21 heavy (non-hydrogen) atoms. The SMILES string of the molecule is CCCC(N)C(=O)Nc1nnc(Cc2ccccc2F)s1. The summed E-state index contributed by atoms with van der Waals surface area (Å²) < 4.78 is 13.6. The van der Waals surface area contributed by atoms with Crippen LogP contribution in [0.4, 0.5) is 9.52 Å². The van der Waals surface area contributed by atoms with Gasteiger partial charge in [0.05, 0.1) is 6.04 Å². The van der Waals surface area contributed by atoms with Gasteiger partial charge >= 0.3 is 0 Å². The average molecular weight is 308 g/mol. The van der Waals surface area contributed by atoms with E-state index >= 15 is 0 Å². The average Bonchev–Trinajstić information content (AvgIpc) is 2.89. The van der Waals surface area contributed by atoms with E-state index in [0.29, 0.717) is 28.5 Å². The van der Waals surface area contributed by atoms with Crippen molar-refractivity contribution in [3.63, 3.8) is 0 Å². The third kappa shape index (κ3) is 4.30. The van der Waals surface area contributed by atoms with Gasteiger partial charge in [-0.2, -0.15) is 0 Å². The topological polar surface area (TPSA) is 80.9 Å². The summed E-state index contributed by atoms with van der Waals surface area (Å²) in [6.45, 7) is 1.96. The number of carbonyl (C=O) groups excluding carboxylic acids is 1. The second-order valence-electron chi connectivity index (χ2n) is 4.65. The van der Waals surface area contributed by atoms with Crippen molar-refractivity contribution in [1.29, 1.82) is 0 Å². The molecule has 0 aliphatic carbocycles. The molecule has 0 radical (unpaired) electrons. The molecule has 2 aromatic rings. The number of hydrogen-bond donors (Lipinski definition) is 2. The summed E-state index contributed by atoms with van der Waals surface area (Å²) >= 11 is 1.22. The highest BCUT2D eigenvalue weighted by molar-refractivity contribution is 7.15. The molecule has 1 amide bonds. The molecular weight excluding hydrogens is 291 g/mol. The Morgan fingerprint density at radius 3 is 2.90 bits per heavy atom. The molecule has 0 fully saturated rings. The van der Waals surface area contributed by atoms with Crippen molar-refractivity contribution in [2.24, 2.45) is 5.73 Å². The van der Waals surface area contributed by atoms with Crippen LogP contribution in [0, 0.1) is 5.82 Å². The molecule has 1 aromatic heterocycles. The minimum absolute atomic E-state index is 0.273. The molecule has 0 spiro atoms. The Balaban J connectivity index is 1.99. The number of anilines is 1. The summed E-state index contributed by atoms with van der Waals surface area (Å²) in [5.41, 5.74) is 6.27. The third-order valence-corrected chi connectivity index (χ3v) is 3.77. The number of nitrogens with two attached hydrogens (primary N) is 1. The largest absolute Gasteiger partial charge is 0.320 e. The van der Waals surface area contributed by atoms with Gasteiger partial charge in [-0.3, -0.25) is 10.1 Å². The van der Waals surface area contributed by atoms with Crippen LogP contribution in [-0.2, 0) is 11.2 Å². The molecule has 5 nitrogen and oxygen atoms in total. The lowest BCUT2D eigenvalue weighted by Gasteiger charge is -2.08. The molecule has 0 bridgehead atoms. The zero-order valence-electron chi connectivity index (χ0n) is 11.7. The van der Waals surface area contributed by atoms with Crippen LogP contribution in [0.5, 0.6) is 0 Å². The molecule has 1 unspecified atom stereocenters. The highest BCUT2D eigenvalue weighted by Gasteiger charge is 2.15. The van der Waals surface area contributed by atoms with Crippen molar-refractivity contribution >= 4 is 22.4 Å². The van der Waals surface area contributed by atoms with Gasteiger partial charge in [-0.1, -0.05) is 42.9 Å². The summed E-state index contributed by atoms with van der Waals surface area (Å²) in [5.74, 6) is -0.548. The number of aromatic nitrogens is 2. The predicted octanol–water partition coefficient (Wildman–Crippen LogP) is 2.33. The van der Waals surface area contributed by atoms with Crippen LogP contribution in [0.25, 0.3) is 0 Å². The van der Waals surface area contributed by atoms with Crippen LogP contribution in [0.15, 0.2) is 24.3 Å². The molecule has 0 saturated heterocycles. The predicted molar refractivity (Wildman–Crippen MR) is 80.6 cm³/mol. The molecular formula is C14H17FN4OS. The van der Waals surface area contributed by atoms with Crippen molar-refractivity contribution in [1.82, 2.24) is 10.2 Å². The van der Waals surface area contributed by atoms with Gasteiger partial charge in [-0.15, -0.1) is 10.2 Å². The first kappa shape index (κ1) is 15.5. The standard InChI is InChI=1S/C14H17FN4OS/c1-2-5-11(16)13(20)17-14-19-18-12(21-14)8-9-6-3-4-7-10(9)15/h3-4,6-7,11H,2,5,8,16H2,1H3,(H,17,19,20). The number of amides is 1. The number of nitrogens with zero attached hydrogens (tertiary/aromatic N) is 2. The number of halogens is 1. The maximum Gasteiger partial charge on any atom is 0.243 e. The summed E-state index contributed by atoms with van der Waals surface area (Å²) in [4.78, 5) is 11.8. The lowest BCUT2D eigenvalue weighted by atomic mass is 10.1. The number of nitrogens with one attached hydrogen (secondary N) is 1. The fraction of sp³-hybridized carbons (Fsp3) is 0.357. The number of rotatable bonds is 6. The molecule has 0 saturated carbocycles. The van der Waals surface area contributed by atoms with Crippen LogP contribution < -0.4 is 11.1 Å². The highest BCUT2D eigenvalue weighted by Crippen LogP contribution is 2.20. The minimum Gasteiger partial charge on any atom is -0.320 e. The van der Waals surface area contributed by atoms with Crippen molar-refractivity contribution in [3.05, 3.63) is 40.7 Å². The van der Waals surface area contributed by atoms with Gasteiger partial charge in [0.2, 0.25) is 11.0 Å². The van der Waals surface area contributed by atoms with Crippen LogP contribution in [-0.4, -0.2) is 22.1 Å². The Morgan fingerprint density at radius 1 is 1.43 bits per heavy atom. The monoisotopic (exact) mass is 308 g/mol. The summed E-state index contributed by atoms with van der Waals surface area (Å²) in [7, 11) is 0. The second-order valence-corrected chi connectivity index (χ2v) is 5.72. The van der Waals surface area contributed by atoms with Gasteiger partial charge in [-0.25, -0.2) is 4.39 Å². The first-order chi connectivity index (χ1) is 10.1. The summed E-state index contributed by atoms with van der Waals surface area (Å²) in [5, 5.41) is 11.5. The Hall–Kier alpha value is -1.86. The van der Waals surface area contributed by atoms with Crippen molar-refractivity contribution < 1.29 is 9.18 Å². The minimum atomic E-state index is -0.547. The molecule has 0 aliphatic rings. The van der Waals surface area contributed by atoms with E-state index in [9.17, 15) is 9.18 Å². The Kier molecular flexibility index (Phi) is 5.35. The van der Waals surface area contributed by atoms with Gasteiger partial charge < -0.3 is 5.73 Å². The summed E-state index contributed by atoms with van der Waals surface area (Å²) in [6, 6.07) is 5.97. The normalized spacial score (nSPS) is 12.1. The smallest absolute Gasteiger partial charge is 0.243 e. The number of benzene rings is 1. The molecule has 1 heterocycles. The Bertz CT molecular complexity index is 617. The van der Waals surface area contributed by atoms with E-state index in [4.69, 9.17) is 5.73 Å². The highest BCUT2D eigenvalue weighted by atomic mass is 32.1. The van der Waals surface area contributed by atoms with Gasteiger partial charge in [0.1, 0.15) is 10.8 Å². The van der Waals surface area contributed by atoms with Gasteiger partial charge in [0.15, 0.2) is 0 Å². The van der Waals surface area contributed by atoms with E-state index in [1.807, 2.05) is 6.92 Å². The number of hydrogen-bond acceptors (Lipinski definition) is 5. The van der Waals surface area contributed by atoms with Gasteiger partial charge in [-0.05, 0) is 18.1 Å². The van der Waals surface area contributed by atoms with E-state index in [1.165, 1.54) is 17.4 Å². The van der Waals surface area contributed by atoms with Crippen LogP contribution in [0.3, 0.4) is 0 Å². The van der Waals surface area contributed by atoms with Crippen LogP contribution in [0.1, 0.15) is 30.3 Å². The quantitative estimate of drug-likeness (QED) is 0.858. The van der Waals surface area contributed by atoms with E-state index in [1.54, 1.807) is 18.2 Å². The molecule has 2 rings (SSSR count). The lowest BCUT2D eigenvalue weighted by molar-refractivity contribution is -0.117. The van der Waals surface area contributed by atoms with Gasteiger partial charge in [0, 0.05) is 6.42 Å². The van der Waals surface area contributed by atoms with E-state index < -0.39 is 6.04 Å². The van der Waals surface area contributed by atoms with Crippen molar-refractivity contribution in [3.8, 4) is 0 Å². The van der Waals surface area contributed by atoms with E-state index in [0.717, 1.165) is 6.42 Å². The maximum atomic E-state index is 13.6. The Morgan fingerprint density at radius 2 is 2.19 bits per heavy atom. The van der Waals surface area contributed by atoms with Gasteiger partial charge in [0.25, 0.3) is 0 Å². The molecule has 1 atom stereocenters. The van der Waals surface area contributed by atoms with E-state index in [-0.39, 0.29) is 11.7 Å².